The van der Waals surface area contributed by atoms with Crippen LogP contribution < -0.4 is 15.4 Å². The maximum absolute atomic E-state index is 5.63. The molecule has 0 aliphatic rings. The van der Waals surface area contributed by atoms with Crippen molar-refractivity contribution in [2.24, 2.45) is 5.92 Å². The van der Waals surface area contributed by atoms with Crippen molar-refractivity contribution in [2.45, 2.75) is 13.8 Å². The molecule has 1 rings (SSSR count). The number of rotatable bonds is 7. The van der Waals surface area contributed by atoms with Gasteiger partial charge in [0, 0.05) is 20.2 Å². The smallest absolute Gasteiger partial charge is 0.322 e. The van der Waals surface area contributed by atoms with Gasteiger partial charge in [-0.15, -0.1) is 0 Å². The van der Waals surface area contributed by atoms with Crippen LogP contribution in [0.1, 0.15) is 13.8 Å². The molecule has 18 heavy (non-hydrogen) atoms. The Morgan fingerprint density at radius 3 is 2.50 bits per heavy atom. The second-order valence-electron chi connectivity index (χ2n) is 4.31. The lowest BCUT2D eigenvalue weighted by molar-refractivity contribution is 0.204. The van der Waals surface area contributed by atoms with Crippen LogP contribution in [0, 0.1) is 5.92 Å². The van der Waals surface area contributed by atoms with Crippen molar-refractivity contribution >= 4 is 11.9 Å². The molecule has 0 amide bonds. The van der Waals surface area contributed by atoms with Gasteiger partial charge in [-0.05, 0) is 5.92 Å². The predicted molar refractivity (Wildman–Crippen MR) is 69.7 cm³/mol. The molecule has 0 unspecified atom stereocenters. The fourth-order valence-electron chi connectivity index (χ4n) is 1.51. The molecular formula is C11H21N5O2. The summed E-state index contributed by atoms with van der Waals surface area (Å²) in [6, 6.07) is 0.226. The average Bonchev–Trinajstić information content (AvgIpc) is 2.33. The molecular weight excluding hydrogens is 234 g/mol. The molecule has 0 radical (unpaired) electrons. The van der Waals surface area contributed by atoms with Gasteiger partial charge in [-0.1, -0.05) is 13.8 Å². The monoisotopic (exact) mass is 255 g/mol. The van der Waals surface area contributed by atoms with Crippen molar-refractivity contribution in [1.82, 2.24) is 15.0 Å². The summed E-state index contributed by atoms with van der Waals surface area (Å²) in [5, 5.41) is 0. The van der Waals surface area contributed by atoms with Crippen LogP contribution >= 0.6 is 0 Å². The van der Waals surface area contributed by atoms with Crippen molar-refractivity contribution < 1.29 is 9.47 Å². The molecule has 1 aromatic heterocycles. The minimum Gasteiger partial charge on any atom is -0.467 e. The fourth-order valence-corrected chi connectivity index (χ4v) is 1.51. The van der Waals surface area contributed by atoms with Crippen molar-refractivity contribution in [3.05, 3.63) is 0 Å². The highest BCUT2D eigenvalue weighted by Gasteiger charge is 2.14. The molecule has 0 saturated carbocycles. The quantitative estimate of drug-likeness (QED) is 0.762. The third kappa shape index (κ3) is 4.33. The molecule has 0 fully saturated rings. The molecule has 0 saturated heterocycles. The number of nitrogens with two attached hydrogens (primary N) is 1. The highest BCUT2D eigenvalue weighted by atomic mass is 16.5. The topological polar surface area (TPSA) is 86.4 Å². The van der Waals surface area contributed by atoms with E-state index in [0.29, 0.717) is 25.0 Å². The van der Waals surface area contributed by atoms with Crippen LogP contribution in [0.25, 0.3) is 0 Å². The highest BCUT2D eigenvalue weighted by molar-refractivity contribution is 5.35. The summed E-state index contributed by atoms with van der Waals surface area (Å²) in [6.45, 7) is 6.36. The van der Waals surface area contributed by atoms with Crippen LogP contribution in [0.4, 0.5) is 11.9 Å². The van der Waals surface area contributed by atoms with E-state index in [1.165, 1.54) is 7.11 Å². The van der Waals surface area contributed by atoms with E-state index in [0.717, 1.165) is 6.54 Å². The summed E-state index contributed by atoms with van der Waals surface area (Å²) in [5.74, 6) is 1.15. The van der Waals surface area contributed by atoms with Gasteiger partial charge < -0.3 is 20.1 Å². The van der Waals surface area contributed by atoms with Gasteiger partial charge in [-0.2, -0.15) is 15.0 Å². The molecule has 0 aliphatic carbocycles. The number of aromatic nitrogens is 3. The van der Waals surface area contributed by atoms with Gasteiger partial charge in [0.2, 0.25) is 11.9 Å². The zero-order valence-corrected chi connectivity index (χ0v) is 11.4. The van der Waals surface area contributed by atoms with E-state index < -0.39 is 0 Å². The molecule has 7 nitrogen and oxygen atoms in total. The predicted octanol–water partition coefficient (Wildman–Crippen LogP) is 0.571. The second kappa shape index (κ2) is 6.95. The van der Waals surface area contributed by atoms with Crippen LogP contribution in [0.3, 0.4) is 0 Å². The number of hydrogen-bond donors (Lipinski definition) is 1. The van der Waals surface area contributed by atoms with E-state index in [4.69, 9.17) is 15.2 Å². The van der Waals surface area contributed by atoms with E-state index in [2.05, 4.69) is 28.8 Å². The van der Waals surface area contributed by atoms with Gasteiger partial charge in [0.05, 0.1) is 13.7 Å². The first-order valence-corrected chi connectivity index (χ1v) is 5.86. The van der Waals surface area contributed by atoms with Crippen LogP contribution in [-0.2, 0) is 4.74 Å². The number of nitrogen functional groups attached to an aromatic ring is 1. The Labute approximate surface area is 107 Å². The minimum atomic E-state index is 0.156. The van der Waals surface area contributed by atoms with Crippen LogP contribution in [0.2, 0.25) is 0 Å². The maximum Gasteiger partial charge on any atom is 0.322 e. The number of ether oxygens (including phenoxy) is 2. The number of methoxy groups -OCH3 is 2. The van der Waals surface area contributed by atoms with E-state index in [-0.39, 0.29) is 12.0 Å². The van der Waals surface area contributed by atoms with Gasteiger partial charge in [-0.25, -0.2) is 0 Å². The van der Waals surface area contributed by atoms with Crippen molar-refractivity contribution in [1.29, 1.82) is 0 Å². The molecule has 1 heterocycles. The lowest BCUT2D eigenvalue weighted by atomic mass is 10.2. The van der Waals surface area contributed by atoms with Crippen LogP contribution in [-0.4, -0.2) is 48.9 Å². The summed E-state index contributed by atoms with van der Waals surface area (Å²) < 4.78 is 10.1. The van der Waals surface area contributed by atoms with Gasteiger partial charge in [-0.3, -0.25) is 0 Å². The molecule has 7 heteroatoms. The Morgan fingerprint density at radius 1 is 1.22 bits per heavy atom. The van der Waals surface area contributed by atoms with Gasteiger partial charge in [0.25, 0.3) is 0 Å². The standard InChI is InChI=1S/C11H21N5O2/c1-8(2)7-16(5-6-17-3)10-13-9(12)14-11(15-10)18-4/h8H,5-7H2,1-4H3,(H2,12,13,14,15). The second-order valence-corrected chi connectivity index (χ2v) is 4.31. The SMILES string of the molecule is COCCN(CC(C)C)c1nc(N)nc(OC)n1. The van der Waals surface area contributed by atoms with E-state index in [1.54, 1.807) is 7.11 Å². The fraction of sp³-hybridized carbons (Fsp3) is 0.727. The van der Waals surface area contributed by atoms with Gasteiger partial charge in [0.15, 0.2) is 0 Å². The summed E-state index contributed by atoms with van der Waals surface area (Å²) in [5.41, 5.74) is 5.63. The van der Waals surface area contributed by atoms with Gasteiger partial charge >= 0.3 is 6.01 Å². The number of anilines is 2. The van der Waals surface area contributed by atoms with Crippen molar-refractivity contribution in [3.8, 4) is 6.01 Å². The first-order chi connectivity index (χ1) is 8.56. The minimum absolute atomic E-state index is 0.156. The molecule has 1 aromatic rings. The Morgan fingerprint density at radius 2 is 1.94 bits per heavy atom. The van der Waals surface area contributed by atoms with E-state index in [9.17, 15) is 0 Å². The first-order valence-electron chi connectivity index (χ1n) is 5.86. The molecule has 0 bridgehead atoms. The van der Waals surface area contributed by atoms with Crippen LogP contribution in [0.15, 0.2) is 0 Å². The molecule has 0 aromatic carbocycles. The van der Waals surface area contributed by atoms with Crippen LogP contribution in [0.5, 0.6) is 6.01 Å². The van der Waals surface area contributed by atoms with E-state index in [1.807, 2.05) is 4.90 Å². The largest absolute Gasteiger partial charge is 0.467 e. The molecule has 2 N–H and O–H groups in total. The summed E-state index contributed by atoms with van der Waals surface area (Å²) >= 11 is 0. The first kappa shape index (κ1) is 14.4. The zero-order valence-electron chi connectivity index (χ0n) is 11.4. The Bertz CT molecular complexity index is 372. The summed E-state index contributed by atoms with van der Waals surface area (Å²) in [4.78, 5) is 14.2. The molecule has 102 valence electrons. The summed E-state index contributed by atoms with van der Waals surface area (Å²) in [7, 11) is 3.16. The zero-order chi connectivity index (χ0) is 13.5. The Kier molecular flexibility index (Phi) is 5.57. The lowest BCUT2D eigenvalue weighted by Gasteiger charge is -2.24. The highest BCUT2D eigenvalue weighted by Crippen LogP contribution is 2.14. The number of nitrogens with zero attached hydrogens (tertiary/aromatic N) is 4. The third-order valence-electron chi connectivity index (χ3n) is 2.24. The third-order valence-corrected chi connectivity index (χ3v) is 2.24. The van der Waals surface area contributed by atoms with E-state index >= 15 is 0 Å². The molecule has 0 aliphatic heterocycles. The Hall–Kier alpha value is -1.63. The lowest BCUT2D eigenvalue weighted by Crippen LogP contribution is -2.32. The van der Waals surface area contributed by atoms with Gasteiger partial charge in [0.1, 0.15) is 0 Å². The number of hydrogen-bond acceptors (Lipinski definition) is 7. The van der Waals surface area contributed by atoms with Crippen molar-refractivity contribution in [3.63, 3.8) is 0 Å². The maximum atomic E-state index is 5.63. The molecule has 0 spiro atoms. The molecule has 0 atom stereocenters. The summed E-state index contributed by atoms with van der Waals surface area (Å²) in [6.07, 6.45) is 0. The van der Waals surface area contributed by atoms with Crippen molar-refractivity contribution in [2.75, 3.05) is 44.5 Å². The normalized spacial score (nSPS) is 10.7. The average molecular weight is 255 g/mol. The Balaban J connectivity index is 2.91.